The van der Waals surface area contributed by atoms with Crippen LogP contribution in [0.4, 0.5) is 0 Å². The van der Waals surface area contributed by atoms with E-state index < -0.39 is 0 Å². The van der Waals surface area contributed by atoms with E-state index in [1.807, 2.05) is 0 Å². The molecule has 0 unspecified atom stereocenters. The average molecular weight is 228 g/mol. The van der Waals surface area contributed by atoms with Gasteiger partial charge in [-0.2, -0.15) is 5.26 Å². The van der Waals surface area contributed by atoms with E-state index in [1.54, 1.807) is 14.2 Å². The van der Waals surface area contributed by atoms with Crippen molar-refractivity contribution in [1.29, 1.82) is 5.26 Å². The zero-order chi connectivity index (χ0) is 12.1. The van der Waals surface area contributed by atoms with Crippen molar-refractivity contribution in [3.8, 4) is 6.07 Å². The van der Waals surface area contributed by atoms with Crippen LogP contribution in [0.15, 0.2) is 0 Å². The van der Waals surface area contributed by atoms with Crippen LogP contribution in [0.1, 0.15) is 25.7 Å². The normalized spacial score (nSPS) is 10.6. The maximum Gasteiger partial charge on any atom is 0.0621 e. The van der Waals surface area contributed by atoms with Gasteiger partial charge < -0.3 is 14.4 Å². The minimum atomic E-state index is 0.663. The van der Waals surface area contributed by atoms with Gasteiger partial charge >= 0.3 is 0 Å². The molecule has 0 aromatic heterocycles. The number of methoxy groups -OCH3 is 2. The summed E-state index contributed by atoms with van der Waals surface area (Å²) in [6, 6.07) is 2.17. The smallest absolute Gasteiger partial charge is 0.0621 e. The lowest BCUT2D eigenvalue weighted by Gasteiger charge is -2.21. The molecule has 94 valence electrons. The minimum absolute atomic E-state index is 0.663. The summed E-state index contributed by atoms with van der Waals surface area (Å²) in [6.45, 7) is 4.64. The van der Waals surface area contributed by atoms with E-state index >= 15 is 0 Å². The summed E-state index contributed by atoms with van der Waals surface area (Å²) in [5, 5.41) is 8.45. The quantitative estimate of drug-likeness (QED) is 0.505. The van der Waals surface area contributed by atoms with Crippen LogP contribution in [0, 0.1) is 11.3 Å². The number of hydrogen-bond acceptors (Lipinski definition) is 4. The molecule has 0 saturated heterocycles. The second-order valence-electron chi connectivity index (χ2n) is 3.80. The van der Waals surface area contributed by atoms with Crippen molar-refractivity contribution in [3.63, 3.8) is 0 Å². The highest BCUT2D eigenvalue weighted by Crippen LogP contribution is 1.99. The molecule has 0 aromatic carbocycles. The minimum Gasteiger partial charge on any atom is -0.385 e. The Balaban J connectivity index is 3.59. The van der Waals surface area contributed by atoms with Crippen LogP contribution in [0.25, 0.3) is 0 Å². The molecule has 4 heteroatoms. The Kier molecular flexibility index (Phi) is 11.9. The van der Waals surface area contributed by atoms with E-state index in [9.17, 15) is 0 Å². The molecule has 0 amide bonds. The van der Waals surface area contributed by atoms with Gasteiger partial charge in [-0.1, -0.05) is 0 Å². The van der Waals surface area contributed by atoms with E-state index in [0.29, 0.717) is 6.42 Å². The molecule has 0 spiro atoms. The highest BCUT2D eigenvalue weighted by atomic mass is 16.5. The van der Waals surface area contributed by atoms with Gasteiger partial charge in [0.25, 0.3) is 0 Å². The predicted octanol–water partition coefficient (Wildman–Crippen LogP) is 1.67. The number of nitrogens with zero attached hydrogens (tertiary/aromatic N) is 2. The Morgan fingerprint density at radius 3 is 2.25 bits per heavy atom. The van der Waals surface area contributed by atoms with Gasteiger partial charge in [0.2, 0.25) is 0 Å². The lowest BCUT2D eigenvalue weighted by atomic mass is 10.2. The zero-order valence-corrected chi connectivity index (χ0v) is 10.6. The molecule has 0 aliphatic carbocycles. The van der Waals surface area contributed by atoms with Crippen LogP contribution in [0.3, 0.4) is 0 Å². The van der Waals surface area contributed by atoms with Crippen molar-refractivity contribution in [2.75, 3.05) is 47.1 Å². The van der Waals surface area contributed by atoms with Crippen LogP contribution >= 0.6 is 0 Å². The first-order chi connectivity index (χ1) is 7.85. The molecule has 0 aliphatic heterocycles. The van der Waals surface area contributed by atoms with E-state index in [-0.39, 0.29) is 0 Å². The summed E-state index contributed by atoms with van der Waals surface area (Å²) in [4.78, 5) is 2.37. The van der Waals surface area contributed by atoms with Gasteiger partial charge in [-0.25, -0.2) is 0 Å². The van der Waals surface area contributed by atoms with Gasteiger partial charge in [-0.3, -0.25) is 0 Å². The summed E-state index contributed by atoms with van der Waals surface area (Å²) < 4.78 is 10.1. The van der Waals surface area contributed by atoms with E-state index in [1.165, 1.54) is 0 Å². The fraction of sp³-hybridized carbons (Fsp3) is 0.917. The first-order valence-electron chi connectivity index (χ1n) is 5.92. The van der Waals surface area contributed by atoms with Crippen LogP contribution < -0.4 is 0 Å². The van der Waals surface area contributed by atoms with Crippen molar-refractivity contribution in [3.05, 3.63) is 0 Å². The Bertz CT molecular complexity index is 180. The van der Waals surface area contributed by atoms with E-state index in [2.05, 4.69) is 11.0 Å². The number of hydrogen-bond donors (Lipinski definition) is 0. The third-order valence-electron chi connectivity index (χ3n) is 2.45. The molecule has 16 heavy (non-hydrogen) atoms. The second-order valence-corrected chi connectivity index (χ2v) is 3.80. The van der Waals surface area contributed by atoms with Crippen LogP contribution in [-0.2, 0) is 9.47 Å². The molecule has 0 radical (unpaired) electrons. The summed E-state index contributed by atoms with van der Waals surface area (Å²) in [5.74, 6) is 0. The molecule has 0 aromatic rings. The molecular weight excluding hydrogens is 204 g/mol. The topological polar surface area (TPSA) is 45.5 Å². The van der Waals surface area contributed by atoms with Gasteiger partial charge in [0, 0.05) is 40.3 Å². The summed E-state index contributed by atoms with van der Waals surface area (Å²) in [7, 11) is 3.45. The van der Waals surface area contributed by atoms with Gasteiger partial charge in [0.15, 0.2) is 0 Å². The zero-order valence-electron chi connectivity index (χ0n) is 10.6. The largest absolute Gasteiger partial charge is 0.385 e. The molecule has 4 nitrogen and oxygen atoms in total. The van der Waals surface area contributed by atoms with Crippen LogP contribution in [-0.4, -0.2) is 52.0 Å². The SMILES string of the molecule is COCCCN(CCCCC#N)CCOC. The molecule has 0 rings (SSSR count). The second kappa shape index (κ2) is 12.4. The van der Waals surface area contributed by atoms with Gasteiger partial charge in [-0.15, -0.1) is 0 Å². The molecule has 0 aliphatic rings. The maximum atomic E-state index is 8.45. The fourth-order valence-electron chi connectivity index (χ4n) is 1.53. The standard InChI is InChI=1S/C12H24N2O2/c1-15-11-6-9-14(10-12-16-2)8-5-3-4-7-13/h3-6,8-12H2,1-2H3. The molecule has 0 atom stereocenters. The van der Waals surface area contributed by atoms with Gasteiger partial charge in [0.1, 0.15) is 0 Å². The molecular formula is C12H24N2O2. The van der Waals surface area contributed by atoms with E-state index in [4.69, 9.17) is 14.7 Å². The first-order valence-corrected chi connectivity index (χ1v) is 5.92. The Hall–Kier alpha value is -0.630. The summed E-state index contributed by atoms with van der Waals surface area (Å²) >= 11 is 0. The fourth-order valence-corrected chi connectivity index (χ4v) is 1.53. The van der Waals surface area contributed by atoms with Crippen molar-refractivity contribution < 1.29 is 9.47 Å². The maximum absolute atomic E-state index is 8.45. The van der Waals surface area contributed by atoms with Crippen molar-refractivity contribution in [2.45, 2.75) is 25.7 Å². The average Bonchev–Trinajstić information content (AvgIpc) is 2.31. The van der Waals surface area contributed by atoms with Crippen molar-refractivity contribution >= 4 is 0 Å². The highest BCUT2D eigenvalue weighted by molar-refractivity contribution is 4.69. The lowest BCUT2D eigenvalue weighted by molar-refractivity contribution is 0.132. The molecule has 0 bridgehead atoms. The Labute approximate surface area is 99.1 Å². The lowest BCUT2D eigenvalue weighted by Crippen LogP contribution is -2.30. The van der Waals surface area contributed by atoms with E-state index in [0.717, 1.165) is 52.1 Å². The Morgan fingerprint density at radius 1 is 0.938 bits per heavy atom. The molecule has 0 heterocycles. The number of rotatable bonds is 11. The summed E-state index contributed by atoms with van der Waals surface area (Å²) in [5.41, 5.74) is 0. The van der Waals surface area contributed by atoms with Crippen LogP contribution in [0.2, 0.25) is 0 Å². The molecule has 0 N–H and O–H groups in total. The highest BCUT2D eigenvalue weighted by Gasteiger charge is 2.03. The summed E-state index contributed by atoms with van der Waals surface area (Å²) in [6.07, 6.45) is 3.79. The monoisotopic (exact) mass is 228 g/mol. The first kappa shape index (κ1) is 15.4. The molecule has 0 fully saturated rings. The third kappa shape index (κ3) is 9.91. The third-order valence-corrected chi connectivity index (χ3v) is 2.45. The van der Waals surface area contributed by atoms with Crippen molar-refractivity contribution in [1.82, 2.24) is 4.90 Å². The van der Waals surface area contributed by atoms with Crippen LogP contribution in [0.5, 0.6) is 0 Å². The predicted molar refractivity (Wildman–Crippen MR) is 64.3 cm³/mol. The number of ether oxygens (including phenoxy) is 2. The Morgan fingerprint density at radius 2 is 1.62 bits per heavy atom. The number of nitriles is 1. The van der Waals surface area contributed by atoms with Gasteiger partial charge in [-0.05, 0) is 25.8 Å². The molecule has 0 saturated carbocycles. The number of unbranched alkanes of at least 4 members (excludes halogenated alkanes) is 2. The van der Waals surface area contributed by atoms with Gasteiger partial charge in [0.05, 0.1) is 12.7 Å². The van der Waals surface area contributed by atoms with Crippen molar-refractivity contribution in [2.24, 2.45) is 0 Å².